The van der Waals surface area contributed by atoms with Gasteiger partial charge in [0.25, 0.3) is 0 Å². The van der Waals surface area contributed by atoms with Crippen molar-refractivity contribution in [3.63, 3.8) is 0 Å². The van der Waals surface area contributed by atoms with Crippen molar-refractivity contribution in [1.29, 1.82) is 0 Å². The highest BCUT2D eigenvalue weighted by atomic mass is 16.5. The van der Waals surface area contributed by atoms with Gasteiger partial charge in [-0.15, -0.1) is 0 Å². The lowest BCUT2D eigenvalue weighted by Crippen LogP contribution is -2.42. The SMILES string of the molecule is CN(C)C1CCN(c2ccc(N)c(OC(N)=O)c2)CC1. The number of hydrogen-bond donors (Lipinski definition) is 2. The summed E-state index contributed by atoms with van der Waals surface area (Å²) in [5.74, 6) is 0.324. The summed E-state index contributed by atoms with van der Waals surface area (Å²) in [6.45, 7) is 1.95. The Labute approximate surface area is 119 Å². The molecule has 0 radical (unpaired) electrons. The molecule has 0 saturated carbocycles. The maximum Gasteiger partial charge on any atom is 0.410 e. The second-order valence-corrected chi connectivity index (χ2v) is 5.33. The predicted octanol–water partition coefficient (Wildman–Crippen LogP) is 1.26. The van der Waals surface area contributed by atoms with E-state index in [4.69, 9.17) is 16.2 Å². The van der Waals surface area contributed by atoms with E-state index < -0.39 is 6.09 Å². The fourth-order valence-corrected chi connectivity index (χ4v) is 2.56. The van der Waals surface area contributed by atoms with Gasteiger partial charge in [0.1, 0.15) is 0 Å². The third-order valence-electron chi connectivity index (χ3n) is 3.77. The lowest BCUT2D eigenvalue weighted by molar-refractivity contribution is 0.211. The molecule has 0 unspecified atom stereocenters. The van der Waals surface area contributed by atoms with Crippen molar-refractivity contribution in [2.75, 3.05) is 37.8 Å². The van der Waals surface area contributed by atoms with Gasteiger partial charge in [-0.25, -0.2) is 4.79 Å². The lowest BCUT2D eigenvalue weighted by Gasteiger charge is -2.36. The van der Waals surface area contributed by atoms with E-state index in [0.29, 0.717) is 17.5 Å². The standard InChI is InChI=1S/C14H22N4O2/c1-17(2)10-5-7-18(8-6-10)11-3-4-12(15)13(9-11)20-14(16)19/h3-4,9-10H,5-8,15H2,1-2H3,(H2,16,19). The molecule has 1 heterocycles. The lowest BCUT2D eigenvalue weighted by atomic mass is 10.0. The number of nitrogens with zero attached hydrogens (tertiary/aromatic N) is 2. The Kier molecular flexibility index (Phi) is 4.34. The maximum absolute atomic E-state index is 10.9. The quantitative estimate of drug-likeness (QED) is 0.813. The molecule has 1 amide bonds. The Morgan fingerprint density at radius 1 is 1.35 bits per heavy atom. The van der Waals surface area contributed by atoms with Crippen LogP contribution in [0.15, 0.2) is 18.2 Å². The molecule has 1 aromatic rings. The van der Waals surface area contributed by atoms with Crippen LogP contribution in [0, 0.1) is 0 Å². The van der Waals surface area contributed by atoms with Crippen molar-refractivity contribution in [1.82, 2.24) is 4.90 Å². The van der Waals surface area contributed by atoms with Crippen LogP contribution in [-0.2, 0) is 0 Å². The first-order chi connectivity index (χ1) is 9.47. The van der Waals surface area contributed by atoms with Crippen molar-refractivity contribution in [3.8, 4) is 5.75 Å². The van der Waals surface area contributed by atoms with Gasteiger partial charge in [-0.2, -0.15) is 0 Å². The summed E-state index contributed by atoms with van der Waals surface area (Å²) in [6.07, 6.45) is 1.38. The number of benzene rings is 1. The molecule has 0 bridgehead atoms. The summed E-state index contributed by atoms with van der Waals surface area (Å²) in [6, 6.07) is 6.09. The molecule has 2 rings (SSSR count). The van der Waals surface area contributed by atoms with E-state index in [1.54, 1.807) is 12.1 Å². The highest BCUT2D eigenvalue weighted by Gasteiger charge is 2.21. The number of amides is 1. The molecule has 6 nitrogen and oxygen atoms in total. The molecule has 1 fully saturated rings. The van der Waals surface area contributed by atoms with Gasteiger partial charge >= 0.3 is 6.09 Å². The fraction of sp³-hybridized carbons (Fsp3) is 0.500. The number of nitrogens with two attached hydrogens (primary N) is 2. The van der Waals surface area contributed by atoms with Crippen LogP contribution >= 0.6 is 0 Å². The van der Waals surface area contributed by atoms with Gasteiger partial charge in [-0.3, -0.25) is 0 Å². The van der Waals surface area contributed by atoms with Gasteiger partial charge in [-0.05, 0) is 39.1 Å². The zero-order valence-electron chi connectivity index (χ0n) is 12.0. The van der Waals surface area contributed by atoms with Crippen LogP contribution in [0.5, 0.6) is 5.75 Å². The van der Waals surface area contributed by atoms with E-state index in [2.05, 4.69) is 23.9 Å². The molecular weight excluding hydrogens is 256 g/mol. The molecule has 0 spiro atoms. The smallest absolute Gasteiger partial charge is 0.408 e. The van der Waals surface area contributed by atoms with Crippen molar-refractivity contribution < 1.29 is 9.53 Å². The fourth-order valence-electron chi connectivity index (χ4n) is 2.56. The molecule has 110 valence electrons. The van der Waals surface area contributed by atoms with Gasteiger partial charge in [0.2, 0.25) is 0 Å². The number of rotatable bonds is 3. The van der Waals surface area contributed by atoms with E-state index in [1.807, 2.05) is 6.07 Å². The number of primary amides is 1. The van der Waals surface area contributed by atoms with E-state index in [1.165, 1.54) is 0 Å². The van der Waals surface area contributed by atoms with Gasteiger partial charge < -0.3 is 26.0 Å². The Balaban J connectivity index is 2.08. The highest BCUT2D eigenvalue weighted by molar-refractivity contribution is 5.73. The first kappa shape index (κ1) is 14.5. The zero-order valence-corrected chi connectivity index (χ0v) is 12.0. The van der Waals surface area contributed by atoms with Crippen molar-refractivity contribution >= 4 is 17.5 Å². The zero-order chi connectivity index (χ0) is 14.7. The minimum Gasteiger partial charge on any atom is -0.408 e. The van der Waals surface area contributed by atoms with Crippen LogP contribution in [0.4, 0.5) is 16.2 Å². The molecule has 4 N–H and O–H groups in total. The number of nitrogen functional groups attached to an aromatic ring is 1. The van der Waals surface area contributed by atoms with Crippen molar-refractivity contribution in [3.05, 3.63) is 18.2 Å². The molecule has 20 heavy (non-hydrogen) atoms. The molecule has 6 heteroatoms. The average Bonchev–Trinajstić information content (AvgIpc) is 2.41. The summed E-state index contributed by atoms with van der Waals surface area (Å²) < 4.78 is 4.91. The van der Waals surface area contributed by atoms with Crippen LogP contribution in [0.3, 0.4) is 0 Å². The summed E-state index contributed by atoms with van der Waals surface area (Å²) in [7, 11) is 4.23. The normalized spacial score (nSPS) is 16.4. The summed E-state index contributed by atoms with van der Waals surface area (Å²) in [4.78, 5) is 15.4. The number of anilines is 2. The summed E-state index contributed by atoms with van der Waals surface area (Å²) in [5.41, 5.74) is 12.2. The van der Waals surface area contributed by atoms with Gasteiger partial charge in [0.15, 0.2) is 5.75 Å². The molecular formula is C14H22N4O2. The molecule has 0 aliphatic carbocycles. The van der Waals surface area contributed by atoms with Crippen LogP contribution in [-0.4, -0.2) is 44.2 Å². The molecule has 1 aliphatic heterocycles. The van der Waals surface area contributed by atoms with Crippen LogP contribution in [0.1, 0.15) is 12.8 Å². The second kappa shape index (κ2) is 6.00. The summed E-state index contributed by atoms with van der Waals surface area (Å²) >= 11 is 0. The van der Waals surface area contributed by atoms with Gasteiger partial charge in [-0.1, -0.05) is 0 Å². The predicted molar refractivity (Wildman–Crippen MR) is 80.0 cm³/mol. The Bertz CT molecular complexity index is 482. The first-order valence-electron chi connectivity index (χ1n) is 6.75. The van der Waals surface area contributed by atoms with Crippen molar-refractivity contribution in [2.24, 2.45) is 5.73 Å². The Morgan fingerprint density at radius 3 is 2.55 bits per heavy atom. The third kappa shape index (κ3) is 3.33. The largest absolute Gasteiger partial charge is 0.410 e. The highest BCUT2D eigenvalue weighted by Crippen LogP contribution is 2.29. The van der Waals surface area contributed by atoms with Crippen LogP contribution < -0.4 is 21.1 Å². The van der Waals surface area contributed by atoms with E-state index >= 15 is 0 Å². The summed E-state index contributed by atoms with van der Waals surface area (Å²) in [5, 5.41) is 0. The van der Waals surface area contributed by atoms with Crippen molar-refractivity contribution in [2.45, 2.75) is 18.9 Å². The molecule has 1 aliphatic rings. The minimum absolute atomic E-state index is 0.324. The topological polar surface area (TPSA) is 84.8 Å². The Hall–Kier alpha value is -1.95. The van der Waals surface area contributed by atoms with E-state index in [0.717, 1.165) is 31.6 Å². The first-order valence-corrected chi connectivity index (χ1v) is 6.75. The van der Waals surface area contributed by atoms with Gasteiger partial charge in [0.05, 0.1) is 5.69 Å². The third-order valence-corrected chi connectivity index (χ3v) is 3.77. The monoisotopic (exact) mass is 278 g/mol. The molecule has 1 saturated heterocycles. The van der Waals surface area contributed by atoms with Crippen LogP contribution in [0.2, 0.25) is 0 Å². The van der Waals surface area contributed by atoms with Gasteiger partial charge in [0, 0.05) is 30.9 Å². The Morgan fingerprint density at radius 2 is 2.00 bits per heavy atom. The number of piperidine rings is 1. The molecule has 1 aromatic carbocycles. The minimum atomic E-state index is -0.847. The maximum atomic E-state index is 10.9. The van der Waals surface area contributed by atoms with E-state index in [9.17, 15) is 4.79 Å². The number of ether oxygens (including phenoxy) is 1. The molecule has 0 atom stereocenters. The molecule has 0 aromatic heterocycles. The van der Waals surface area contributed by atoms with E-state index in [-0.39, 0.29) is 0 Å². The number of hydrogen-bond acceptors (Lipinski definition) is 5. The second-order valence-electron chi connectivity index (χ2n) is 5.33. The van der Waals surface area contributed by atoms with Crippen LogP contribution in [0.25, 0.3) is 0 Å². The average molecular weight is 278 g/mol. The number of carbonyl (C=O) groups is 1. The number of carbonyl (C=O) groups excluding carboxylic acids is 1.